The normalized spacial score (nSPS) is 33.9. The third-order valence-corrected chi connectivity index (χ3v) is 9.55. The van der Waals surface area contributed by atoms with Crippen molar-refractivity contribution in [3.8, 4) is 0 Å². The van der Waals surface area contributed by atoms with Gasteiger partial charge in [0.05, 0.1) is 0 Å². The zero-order valence-corrected chi connectivity index (χ0v) is 21.6. The summed E-state index contributed by atoms with van der Waals surface area (Å²) in [4.78, 5) is 39.8. The number of carbonyl (C=O) groups is 3. The van der Waals surface area contributed by atoms with Crippen LogP contribution in [0.25, 0.3) is 0 Å². The van der Waals surface area contributed by atoms with Crippen LogP contribution in [0.3, 0.4) is 0 Å². The molecule has 1 aromatic rings. The van der Waals surface area contributed by atoms with Gasteiger partial charge < -0.3 is 9.64 Å². The number of hydrogen-bond donors (Lipinski definition) is 0. The van der Waals surface area contributed by atoms with E-state index in [9.17, 15) is 14.4 Å². The van der Waals surface area contributed by atoms with Crippen molar-refractivity contribution in [3.63, 3.8) is 0 Å². The highest BCUT2D eigenvalue weighted by atomic mass is 16.6. The smallest absolute Gasteiger partial charge is 0.303 e. The fraction of sp³-hybridized carbons (Fsp3) is 0.567. The fourth-order valence-electron chi connectivity index (χ4n) is 8.02. The molecule has 1 unspecified atom stereocenters. The Bertz CT molecular complexity index is 1140. The highest BCUT2D eigenvalue weighted by molar-refractivity contribution is 5.93. The summed E-state index contributed by atoms with van der Waals surface area (Å²) in [6.45, 7) is 5.22. The van der Waals surface area contributed by atoms with Crippen LogP contribution >= 0.6 is 0 Å². The van der Waals surface area contributed by atoms with Crippen LogP contribution in [0.4, 0.5) is 5.69 Å². The first-order valence-corrected chi connectivity index (χ1v) is 13.0. The molecule has 0 heterocycles. The second-order valence-electron chi connectivity index (χ2n) is 11.5. The van der Waals surface area contributed by atoms with Crippen LogP contribution in [0.1, 0.15) is 77.2 Å². The van der Waals surface area contributed by atoms with Crippen molar-refractivity contribution in [3.05, 3.63) is 52.6 Å². The van der Waals surface area contributed by atoms with Crippen molar-refractivity contribution in [1.82, 2.24) is 0 Å². The number of carbonyl (C=O) groups excluding carboxylic acids is 3. The van der Waals surface area contributed by atoms with Crippen molar-refractivity contribution in [2.75, 3.05) is 19.0 Å². The van der Waals surface area contributed by atoms with Crippen molar-refractivity contribution in [2.45, 2.75) is 77.2 Å². The summed E-state index contributed by atoms with van der Waals surface area (Å²) in [5.74, 6) is 0.584. The first-order valence-electron chi connectivity index (χ1n) is 13.0. The van der Waals surface area contributed by atoms with E-state index in [0.717, 1.165) is 37.8 Å². The van der Waals surface area contributed by atoms with E-state index in [4.69, 9.17) is 4.74 Å². The quantitative estimate of drug-likeness (QED) is 0.535. The number of allylic oxidation sites excluding steroid dienone is 4. The maximum absolute atomic E-state index is 13.2. The molecule has 5 atom stereocenters. The van der Waals surface area contributed by atoms with Crippen LogP contribution in [-0.2, 0) is 19.1 Å². The Morgan fingerprint density at radius 2 is 1.74 bits per heavy atom. The summed E-state index contributed by atoms with van der Waals surface area (Å²) >= 11 is 0. The molecule has 5 nitrogen and oxygen atoms in total. The van der Waals surface area contributed by atoms with Gasteiger partial charge in [0.15, 0.2) is 17.2 Å². The van der Waals surface area contributed by atoms with E-state index in [-0.39, 0.29) is 29.4 Å². The zero-order valence-electron chi connectivity index (χ0n) is 21.6. The molecule has 2 saturated carbocycles. The van der Waals surface area contributed by atoms with Gasteiger partial charge in [-0.1, -0.05) is 24.6 Å². The van der Waals surface area contributed by atoms with Crippen LogP contribution < -0.4 is 4.90 Å². The molecule has 1 aromatic carbocycles. The lowest BCUT2D eigenvalue weighted by atomic mass is 9.50. The number of benzene rings is 1. The number of fused-ring (bicyclic) bond motifs is 4. The molecular weight excluding hydrogens is 438 g/mol. The minimum Gasteiger partial charge on any atom is -0.451 e. The Morgan fingerprint density at radius 1 is 1.03 bits per heavy atom. The molecule has 0 N–H and O–H groups in total. The van der Waals surface area contributed by atoms with Gasteiger partial charge in [0.25, 0.3) is 0 Å². The highest BCUT2D eigenvalue weighted by Crippen LogP contribution is 2.67. The lowest BCUT2D eigenvalue weighted by molar-refractivity contribution is -0.182. The van der Waals surface area contributed by atoms with E-state index in [1.165, 1.54) is 29.2 Å². The molecule has 0 bridgehead atoms. The number of Topliss-reactive ketones (excluding diaryl/α,β-unsaturated/α-hetero) is 1. The molecule has 2 fully saturated rings. The summed E-state index contributed by atoms with van der Waals surface area (Å²) in [5, 5.41) is 0. The van der Waals surface area contributed by atoms with Gasteiger partial charge >= 0.3 is 5.97 Å². The number of hydrogen-bond acceptors (Lipinski definition) is 5. The predicted molar refractivity (Wildman–Crippen MR) is 136 cm³/mol. The molecule has 0 aliphatic heterocycles. The average Bonchev–Trinajstić information content (AvgIpc) is 3.10. The largest absolute Gasteiger partial charge is 0.451 e. The van der Waals surface area contributed by atoms with Gasteiger partial charge in [0, 0.05) is 44.5 Å². The van der Waals surface area contributed by atoms with Gasteiger partial charge in [-0.3, -0.25) is 14.4 Å². The number of ether oxygens (including phenoxy) is 1. The van der Waals surface area contributed by atoms with E-state index < -0.39 is 11.0 Å². The molecular formula is C30H37NO4. The minimum atomic E-state index is -1.07. The summed E-state index contributed by atoms with van der Waals surface area (Å²) in [7, 11) is 4.08. The number of nitrogens with zero attached hydrogens (tertiary/aromatic N) is 1. The molecule has 186 valence electrons. The van der Waals surface area contributed by atoms with Crippen molar-refractivity contribution < 1.29 is 19.1 Å². The third-order valence-electron chi connectivity index (χ3n) is 9.55. The fourth-order valence-corrected chi connectivity index (χ4v) is 8.02. The van der Waals surface area contributed by atoms with Gasteiger partial charge in [0.1, 0.15) is 0 Å². The first-order chi connectivity index (χ1) is 16.6. The van der Waals surface area contributed by atoms with Gasteiger partial charge in [0.2, 0.25) is 0 Å². The summed E-state index contributed by atoms with van der Waals surface area (Å²) < 4.78 is 6.00. The van der Waals surface area contributed by atoms with E-state index in [1.54, 1.807) is 6.92 Å². The van der Waals surface area contributed by atoms with Gasteiger partial charge in [-0.05, 0) is 92.2 Å². The second kappa shape index (κ2) is 8.46. The standard InChI is InChI=1S/C30H37NO4/c1-18(32)30(35-19(2)33)15-14-27-25-12-8-21-16-23(34)11-13-24(21)28(25)26(17-29(27,30)3)20-6-9-22(10-7-20)31(4)5/h6-7,9-10,16,25-27H,8,11-15,17H2,1-5H3/t25-,26?,27-,29-,30-/m0/s1. The summed E-state index contributed by atoms with van der Waals surface area (Å²) in [6, 6.07) is 8.76. The predicted octanol–water partition coefficient (Wildman–Crippen LogP) is 5.54. The molecule has 35 heavy (non-hydrogen) atoms. The number of esters is 1. The minimum absolute atomic E-state index is 0.0323. The first kappa shape index (κ1) is 24.0. The molecule has 5 rings (SSSR count). The van der Waals surface area contributed by atoms with Gasteiger partial charge in [-0.25, -0.2) is 0 Å². The third kappa shape index (κ3) is 3.61. The molecule has 5 heteroatoms. The summed E-state index contributed by atoms with van der Waals surface area (Å²) in [5.41, 5.74) is 4.98. The average molecular weight is 476 g/mol. The molecule has 4 aliphatic rings. The molecule has 0 saturated heterocycles. The number of ketones is 2. The topological polar surface area (TPSA) is 63.7 Å². The number of anilines is 1. The van der Waals surface area contributed by atoms with Crippen molar-refractivity contribution in [1.29, 1.82) is 0 Å². The van der Waals surface area contributed by atoms with Crippen LogP contribution in [0.5, 0.6) is 0 Å². The van der Waals surface area contributed by atoms with Crippen molar-refractivity contribution in [2.24, 2.45) is 17.3 Å². The van der Waals surface area contributed by atoms with Crippen LogP contribution in [-0.4, -0.2) is 37.2 Å². The van der Waals surface area contributed by atoms with Crippen LogP contribution in [0, 0.1) is 17.3 Å². The molecule has 0 amide bonds. The van der Waals surface area contributed by atoms with E-state index in [0.29, 0.717) is 18.8 Å². The Kier molecular flexibility index (Phi) is 5.81. The number of rotatable bonds is 4. The van der Waals surface area contributed by atoms with Crippen LogP contribution in [0.15, 0.2) is 47.1 Å². The van der Waals surface area contributed by atoms with Crippen LogP contribution in [0.2, 0.25) is 0 Å². The van der Waals surface area contributed by atoms with Gasteiger partial charge in [-0.15, -0.1) is 0 Å². The Balaban J connectivity index is 1.68. The maximum atomic E-state index is 13.2. The summed E-state index contributed by atoms with van der Waals surface area (Å²) in [6.07, 6.45) is 7.41. The maximum Gasteiger partial charge on any atom is 0.303 e. The molecule has 4 aliphatic carbocycles. The highest BCUT2D eigenvalue weighted by Gasteiger charge is 2.67. The molecule has 0 spiro atoms. The van der Waals surface area contributed by atoms with E-state index >= 15 is 0 Å². The zero-order chi connectivity index (χ0) is 25.1. The Labute approximate surface area is 208 Å². The Hall–Kier alpha value is -2.69. The SMILES string of the molecule is CC(=O)O[C@]1(C(C)=O)CC[C@H]2[C@@H]3CCC4=CC(=O)CCC4=C3C(c3ccc(N(C)C)cc3)C[C@@]21C. The van der Waals surface area contributed by atoms with E-state index in [2.05, 4.69) is 36.1 Å². The lowest BCUT2D eigenvalue weighted by Crippen LogP contribution is -2.57. The van der Waals surface area contributed by atoms with Gasteiger partial charge in [-0.2, -0.15) is 0 Å². The second-order valence-corrected chi connectivity index (χ2v) is 11.5. The van der Waals surface area contributed by atoms with E-state index in [1.807, 2.05) is 20.2 Å². The lowest BCUT2D eigenvalue weighted by Gasteiger charge is -2.55. The molecule has 0 radical (unpaired) electrons. The van der Waals surface area contributed by atoms with Crippen molar-refractivity contribution >= 4 is 23.2 Å². The molecule has 0 aromatic heterocycles. The monoisotopic (exact) mass is 475 g/mol. The Morgan fingerprint density at radius 3 is 2.37 bits per heavy atom.